The van der Waals surface area contributed by atoms with Crippen LogP contribution in [0.1, 0.15) is 37.8 Å². The number of nitro groups is 1. The summed E-state index contributed by atoms with van der Waals surface area (Å²) >= 11 is 0. The van der Waals surface area contributed by atoms with Crippen molar-refractivity contribution in [3.8, 4) is 11.1 Å². The Bertz CT molecular complexity index is 1930. The highest BCUT2D eigenvalue weighted by molar-refractivity contribution is 7.89. The van der Waals surface area contributed by atoms with Gasteiger partial charge in [-0.05, 0) is 66.8 Å². The Morgan fingerprint density at radius 1 is 0.755 bits per heavy atom. The molecule has 0 amide bonds. The van der Waals surface area contributed by atoms with Crippen molar-refractivity contribution in [2.24, 2.45) is 10.9 Å². The van der Waals surface area contributed by atoms with Gasteiger partial charge < -0.3 is 31.8 Å². The van der Waals surface area contributed by atoms with Crippen LogP contribution in [0.2, 0.25) is 0 Å². The number of hydrogen-bond acceptors (Lipinski definition) is 13. The van der Waals surface area contributed by atoms with Crippen LogP contribution in [-0.2, 0) is 20.0 Å². The number of sulfonamides is 2. The van der Waals surface area contributed by atoms with Crippen molar-refractivity contribution < 1.29 is 27.0 Å². The van der Waals surface area contributed by atoms with Gasteiger partial charge >= 0.3 is 0 Å². The molecule has 16 nitrogen and oxygen atoms in total. The van der Waals surface area contributed by atoms with Gasteiger partial charge in [-0.25, -0.2) is 16.8 Å². The van der Waals surface area contributed by atoms with Crippen LogP contribution in [0.5, 0.6) is 0 Å². The number of rotatable bonds is 9. The summed E-state index contributed by atoms with van der Waals surface area (Å²) in [4.78, 5) is 13.2. The lowest BCUT2D eigenvalue weighted by Crippen LogP contribution is -2.46. The van der Waals surface area contributed by atoms with Crippen molar-refractivity contribution in [1.82, 2.24) is 19.2 Å². The van der Waals surface area contributed by atoms with Crippen molar-refractivity contribution in [3.63, 3.8) is 0 Å². The zero-order chi connectivity index (χ0) is 36.9. The van der Waals surface area contributed by atoms with Gasteiger partial charge in [0.2, 0.25) is 20.0 Å². The minimum Gasteiger partial charge on any atom is -0.410 e. The Morgan fingerprint density at radius 3 is 1.72 bits per heavy atom. The molecule has 0 unspecified atom stereocenters. The number of nitrogens with two attached hydrogens (primary N) is 1. The number of benzene rings is 3. The predicted molar refractivity (Wildman–Crippen MR) is 206 cm³/mol. The number of piperazine rings is 2. The molecular weight excluding hydrogens is 723 g/mol. The summed E-state index contributed by atoms with van der Waals surface area (Å²) in [6.07, 6.45) is 3.39. The maximum atomic E-state index is 13.1. The van der Waals surface area contributed by atoms with Crippen molar-refractivity contribution in [1.29, 1.82) is 0 Å². The lowest BCUT2D eigenvalue weighted by atomic mass is 10.1. The summed E-state index contributed by atoms with van der Waals surface area (Å²) in [6.45, 7) is 6.86. The van der Waals surface area contributed by atoms with Crippen molar-refractivity contribution in [2.45, 2.75) is 36.5 Å². The van der Waals surface area contributed by atoms with E-state index in [9.17, 15) is 32.2 Å². The Balaban J connectivity index is 0.000000232. The number of hydrogen-bond donors (Lipinski definition) is 5. The van der Waals surface area contributed by atoms with E-state index in [1.54, 1.807) is 36.4 Å². The van der Waals surface area contributed by atoms with Crippen LogP contribution in [0, 0.1) is 10.1 Å². The van der Waals surface area contributed by atoms with Crippen LogP contribution in [0.15, 0.2) is 69.5 Å². The number of nitrogens with zero attached hydrogens (tertiary/aromatic N) is 5. The van der Waals surface area contributed by atoms with Gasteiger partial charge in [0, 0.05) is 101 Å². The van der Waals surface area contributed by atoms with Crippen LogP contribution in [0.4, 0.5) is 17.1 Å². The van der Waals surface area contributed by atoms with Gasteiger partial charge in [-0.15, -0.1) is 0 Å². The summed E-state index contributed by atoms with van der Waals surface area (Å²) < 4.78 is 55.3. The molecule has 7 rings (SSSR count). The summed E-state index contributed by atoms with van der Waals surface area (Å²) in [5, 5.41) is 33.8. The van der Waals surface area contributed by atoms with Crippen molar-refractivity contribution in [3.05, 3.63) is 75.8 Å². The molecule has 0 bridgehead atoms. The molecule has 53 heavy (non-hydrogen) atoms. The van der Waals surface area contributed by atoms with E-state index < -0.39 is 20.0 Å². The Morgan fingerprint density at radius 2 is 1.26 bits per heavy atom. The van der Waals surface area contributed by atoms with Crippen LogP contribution in [-0.4, -0.2) is 120 Å². The Kier molecular flexibility index (Phi) is 13.1. The molecule has 288 valence electrons. The summed E-state index contributed by atoms with van der Waals surface area (Å²) in [7, 11) is -7.40. The van der Waals surface area contributed by atoms with Gasteiger partial charge in [-0.1, -0.05) is 24.7 Å². The van der Waals surface area contributed by atoms with Crippen LogP contribution < -0.4 is 26.6 Å². The Labute approximate surface area is 311 Å². The van der Waals surface area contributed by atoms with Crippen LogP contribution in [0.25, 0.3) is 11.1 Å². The largest absolute Gasteiger partial charge is 0.410 e. The second kappa shape index (κ2) is 17.3. The van der Waals surface area contributed by atoms with E-state index >= 15 is 0 Å². The molecule has 4 aliphatic rings. The van der Waals surface area contributed by atoms with E-state index in [0.29, 0.717) is 93.4 Å². The normalized spacial score (nSPS) is 17.8. The Hall–Kier alpha value is -4.17. The first-order valence-corrected chi connectivity index (χ1v) is 20.3. The summed E-state index contributed by atoms with van der Waals surface area (Å²) in [5.41, 5.74) is 9.71. The first-order chi connectivity index (χ1) is 25.1. The molecule has 0 atom stereocenters. The molecule has 6 N–H and O–H groups in total. The second-order valence-electron chi connectivity index (χ2n) is 12.9. The quantitative estimate of drug-likeness (QED) is 0.0944. The molecule has 18 heteroatoms. The number of piperidine rings is 1. The molecule has 3 heterocycles. The average molecular weight is 772 g/mol. The van der Waals surface area contributed by atoms with Gasteiger partial charge in [0.15, 0.2) is 0 Å². The SMILES string of the molecule is C.NCCNc1ccc([N+](=O)[O-])c(N2CCCCC2)c1.O=S(=O)(c1ccc2c(c1)C(=NO)c1cc(S(=O)(=O)N3CCNCC3)ccc1-2)N1CCNCC1. The fourth-order valence-electron chi connectivity index (χ4n) is 6.94. The molecule has 3 aromatic carbocycles. The first kappa shape index (κ1) is 40.0. The predicted octanol–water partition coefficient (Wildman–Crippen LogP) is 2.67. The molecular formula is C35H49N9O7S2. The maximum Gasteiger partial charge on any atom is 0.292 e. The lowest BCUT2D eigenvalue weighted by molar-refractivity contribution is -0.384. The highest BCUT2D eigenvalue weighted by atomic mass is 32.2. The monoisotopic (exact) mass is 771 g/mol. The topological polar surface area (TPSA) is 216 Å². The minimum atomic E-state index is -3.70. The fourth-order valence-corrected chi connectivity index (χ4v) is 9.88. The second-order valence-corrected chi connectivity index (χ2v) is 16.8. The molecule has 0 saturated carbocycles. The zero-order valence-electron chi connectivity index (χ0n) is 28.8. The molecule has 0 spiro atoms. The maximum absolute atomic E-state index is 13.1. The van der Waals surface area contributed by atoms with Gasteiger partial charge in [-0.2, -0.15) is 8.61 Å². The van der Waals surface area contributed by atoms with E-state index in [1.807, 2.05) is 6.07 Å². The van der Waals surface area contributed by atoms with Gasteiger partial charge in [0.1, 0.15) is 11.4 Å². The number of oxime groups is 1. The third kappa shape index (κ3) is 8.48. The summed E-state index contributed by atoms with van der Waals surface area (Å²) in [5.74, 6) is 0. The van der Waals surface area contributed by atoms with Gasteiger partial charge in [-0.3, -0.25) is 10.1 Å². The zero-order valence-corrected chi connectivity index (χ0v) is 30.5. The molecule has 3 fully saturated rings. The molecule has 1 aliphatic carbocycles. The lowest BCUT2D eigenvalue weighted by Gasteiger charge is -2.28. The number of nitro benzene ring substituents is 1. The van der Waals surface area contributed by atoms with E-state index in [4.69, 9.17) is 5.73 Å². The number of anilines is 2. The highest BCUT2D eigenvalue weighted by Crippen LogP contribution is 2.40. The molecule has 3 aliphatic heterocycles. The third-order valence-corrected chi connectivity index (χ3v) is 13.4. The third-order valence-electron chi connectivity index (χ3n) is 9.65. The van der Waals surface area contributed by atoms with Crippen molar-refractivity contribution >= 4 is 42.8 Å². The van der Waals surface area contributed by atoms with Gasteiger partial charge in [0.25, 0.3) is 5.69 Å². The number of nitrogens with one attached hydrogen (secondary N) is 3. The molecule has 3 saturated heterocycles. The van der Waals surface area contributed by atoms with E-state index in [-0.39, 0.29) is 33.5 Å². The number of fused-ring (bicyclic) bond motifs is 3. The molecule has 0 aromatic heterocycles. The van der Waals surface area contributed by atoms with Crippen LogP contribution in [0.3, 0.4) is 0 Å². The fraction of sp³-hybridized carbons (Fsp3) is 0.457. The van der Waals surface area contributed by atoms with Gasteiger partial charge in [0.05, 0.1) is 14.7 Å². The highest BCUT2D eigenvalue weighted by Gasteiger charge is 2.33. The standard InChI is InChI=1S/C21H25N5O5S2.C13H20N4O2.CH4/c27-24-21-19-13-15(32(28,29)25-9-5-22-6-10-25)1-3-17(19)18-4-2-16(14-20(18)21)33(30,31)26-11-7-23-8-12-26;14-6-7-15-11-4-5-12(17(18)19)13(10-11)16-8-2-1-3-9-16;/h1-4,13-14,22-23,27H,5-12H2;4-5,10,15H,1-3,6-9,14H2;1H4. The van der Waals surface area contributed by atoms with E-state index in [0.717, 1.165) is 31.6 Å². The molecule has 0 radical (unpaired) electrons. The van der Waals surface area contributed by atoms with E-state index in [1.165, 1.54) is 27.2 Å². The average Bonchev–Trinajstić information content (AvgIpc) is 3.50. The summed E-state index contributed by atoms with van der Waals surface area (Å²) in [6, 6.07) is 14.6. The minimum absolute atomic E-state index is 0. The molecule has 3 aromatic rings. The smallest absolute Gasteiger partial charge is 0.292 e. The van der Waals surface area contributed by atoms with Crippen LogP contribution >= 0.6 is 0 Å². The first-order valence-electron chi connectivity index (χ1n) is 17.5. The van der Waals surface area contributed by atoms with Crippen molar-refractivity contribution in [2.75, 3.05) is 88.8 Å². The van der Waals surface area contributed by atoms with E-state index in [2.05, 4.69) is 26.0 Å².